The second kappa shape index (κ2) is 5.32. The van der Waals surface area contributed by atoms with Crippen LogP contribution in [0.3, 0.4) is 0 Å². The first-order chi connectivity index (χ1) is 8.96. The second-order valence-electron chi connectivity index (χ2n) is 5.09. The summed E-state index contributed by atoms with van der Waals surface area (Å²) in [7, 11) is -3.57. The molecular formula is C14H18N2O2S. The lowest BCUT2D eigenvalue weighted by molar-refractivity contribution is 0.385. The van der Waals surface area contributed by atoms with Crippen molar-refractivity contribution < 1.29 is 8.42 Å². The predicted octanol–water partition coefficient (Wildman–Crippen LogP) is 2.10. The first kappa shape index (κ1) is 14.0. The van der Waals surface area contributed by atoms with Crippen LogP contribution in [0.1, 0.15) is 31.4 Å². The lowest BCUT2D eigenvalue weighted by atomic mass is 10.1. The largest absolute Gasteiger partial charge is 0.244 e. The lowest BCUT2D eigenvalue weighted by Crippen LogP contribution is -2.37. The highest BCUT2D eigenvalue weighted by Crippen LogP contribution is 2.26. The van der Waals surface area contributed by atoms with Gasteiger partial charge >= 0.3 is 0 Å². The molecular weight excluding hydrogens is 260 g/mol. The average molecular weight is 278 g/mol. The zero-order valence-electron chi connectivity index (χ0n) is 11.3. The molecule has 0 saturated heterocycles. The minimum Gasteiger partial charge on any atom is -0.207 e. The maximum absolute atomic E-state index is 12.5. The van der Waals surface area contributed by atoms with Crippen molar-refractivity contribution >= 4 is 10.0 Å². The SMILES string of the molecule is CC(C)N(CC#N)S(=O)(=O)c1ccc2c(c1)CCC2. The molecule has 5 heteroatoms. The summed E-state index contributed by atoms with van der Waals surface area (Å²) in [6, 6.07) is 7.03. The number of sulfonamides is 1. The van der Waals surface area contributed by atoms with Crippen LogP contribution in [0.5, 0.6) is 0 Å². The molecule has 0 amide bonds. The van der Waals surface area contributed by atoms with Crippen LogP contribution in [0, 0.1) is 11.3 Å². The summed E-state index contributed by atoms with van der Waals surface area (Å²) >= 11 is 0. The van der Waals surface area contributed by atoms with E-state index >= 15 is 0 Å². The van der Waals surface area contributed by atoms with Gasteiger partial charge in [-0.25, -0.2) is 8.42 Å². The summed E-state index contributed by atoms with van der Waals surface area (Å²) in [5, 5.41) is 8.79. The summed E-state index contributed by atoms with van der Waals surface area (Å²) in [5.74, 6) is 0. The van der Waals surface area contributed by atoms with Gasteiger partial charge in [-0.1, -0.05) is 6.07 Å². The van der Waals surface area contributed by atoms with E-state index in [-0.39, 0.29) is 12.6 Å². The number of rotatable bonds is 4. The van der Waals surface area contributed by atoms with Gasteiger partial charge in [0, 0.05) is 6.04 Å². The fourth-order valence-corrected chi connectivity index (χ4v) is 4.04. The Morgan fingerprint density at radius 3 is 2.63 bits per heavy atom. The van der Waals surface area contributed by atoms with E-state index in [1.54, 1.807) is 26.0 Å². The van der Waals surface area contributed by atoms with Crippen LogP contribution in [0.25, 0.3) is 0 Å². The normalized spacial score (nSPS) is 14.7. The van der Waals surface area contributed by atoms with E-state index in [1.165, 1.54) is 9.87 Å². The van der Waals surface area contributed by atoms with Crippen LogP contribution >= 0.6 is 0 Å². The van der Waals surface area contributed by atoms with Gasteiger partial charge in [0.1, 0.15) is 6.54 Å². The maximum atomic E-state index is 12.5. The van der Waals surface area contributed by atoms with Crippen LogP contribution in [0.15, 0.2) is 23.1 Å². The van der Waals surface area contributed by atoms with Crippen molar-refractivity contribution in [2.45, 2.75) is 44.0 Å². The molecule has 4 nitrogen and oxygen atoms in total. The zero-order chi connectivity index (χ0) is 14.0. The quantitative estimate of drug-likeness (QED) is 0.792. The molecule has 1 aliphatic rings. The van der Waals surface area contributed by atoms with Crippen molar-refractivity contribution in [2.75, 3.05) is 6.54 Å². The molecule has 0 aromatic heterocycles. The van der Waals surface area contributed by atoms with Crippen LogP contribution in [-0.4, -0.2) is 25.3 Å². The highest BCUT2D eigenvalue weighted by atomic mass is 32.2. The number of nitriles is 1. The Labute approximate surface area is 114 Å². The van der Waals surface area contributed by atoms with Gasteiger partial charge in [0.15, 0.2) is 0 Å². The van der Waals surface area contributed by atoms with Crippen molar-refractivity contribution in [2.24, 2.45) is 0 Å². The molecule has 1 aromatic carbocycles. The maximum Gasteiger partial charge on any atom is 0.244 e. The number of hydrogen-bond donors (Lipinski definition) is 0. The predicted molar refractivity (Wildman–Crippen MR) is 73.1 cm³/mol. The molecule has 1 aliphatic carbocycles. The molecule has 0 radical (unpaired) electrons. The second-order valence-corrected chi connectivity index (χ2v) is 6.98. The van der Waals surface area contributed by atoms with Crippen molar-refractivity contribution in [1.29, 1.82) is 5.26 Å². The van der Waals surface area contributed by atoms with Gasteiger partial charge in [0.2, 0.25) is 10.0 Å². The highest BCUT2D eigenvalue weighted by Gasteiger charge is 2.27. The van der Waals surface area contributed by atoms with Gasteiger partial charge in [-0.2, -0.15) is 9.57 Å². The third-order valence-corrected chi connectivity index (χ3v) is 5.50. The fraction of sp³-hybridized carbons (Fsp3) is 0.500. The third kappa shape index (κ3) is 2.65. The van der Waals surface area contributed by atoms with Crippen LogP contribution < -0.4 is 0 Å². The number of benzene rings is 1. The Kier molecular flexibility index (Phi) is 3.93. The lowest BCUT2D eigenvalue weighted by Gasteiger charge is -2.23. The first-order valence-electron chi connectivity index (χ1n) is 6.47. The fourth-order valence-electron chi connectivity index (χ4n) is 2.46. The van der Waals surface area contributed by atoms with E-state index in [1.807, 2.05) is 12.1 Å². The molecule has 0 fully saturated rings. The highest BCUT2D eigenvalue weighted by molar-refractivity contribution is 7.89. The topological polar surface area (TPSA) is 61.2 Å². The Morgan fingerprint density at radius 1 is 1.32 bits per heavy atom. The van der Waals surface area contributed by atoms with Crippen molar-refractivity contribution in [3.05, 3.63) is 29.3 Å². The molecule has 0 heterocycles. The summed E-state index contributed by atoms with van der Waals surface area (Å²) in [6.07, 6.45) is 3.06. The molecule has 0 bridgehead atoms. The molecule has 0 unspecified atom stereocenters. The third-order valence-electron chi connectivity index (χ3n) is 3.48. The molecule has 1 aromatic rings. The Hall–Kier alpha value is -1.38. The molecule has 0 atom stereocenters. The van der Waals surface area contributed by atoms with E-state index in [2.05, 4.69) is 0 Å². The van der Waals surface area contributed by atoms with Crippen LogP contribution in [0.2, 0.25) is 0 Å². The smallest absolute Gasteiger partial charge is 0.207 e. The molecule has 0 spiro atoms. The summed E-state index contributed by atoms with van der Waals surface area (Å²) in [4.78, 5) is 0.303. The molecule has 2 rings (SSSR count). The summed E-state index contributed by atoms with van der Waals surface area (Å²) in [5.41, 5.74) is 2.37. The molecule has 0 N–H and O–H groups in total. The van der Waals surface area contributed by atoms with Crippen LogP contribution in [0.4, 0.5) is 0 Å². The summed E-state index contributed by atoms with van der Waals surface area (Å²) < 4.78 is 26.3. The minimum absolute atomic E-state index is 0.114. The average Bonchev–Trinajstić information content (AvgIpc) is 2.82. The summed E-state index contributed by atoms with van der Waals surface area (Å²) in [6.45, 7) is 3.45. The Balaban J connectivity index is 2.41. The van der Waals surface area contributed by atoms with Gasteiger partial charge in [-0.15, -0.1) is 0 Å². The van der Waals surface area contributed by atoms with Gasteiger partial charge in [0.25, 0.3) is 0 Å². The number of hydrogen-bond acceptors (Lipinski definition) is 3. The molecule has 102 valence electrons. The number of fused-ring (bicyclic) bond motifs is 1. The monoisotopic (exact) mass is 278 g/mol. The van der Waals surface area contributed by atoms with Gasteiger partial charge < -0.3 is 0 Å². The standard InChI is InChI=1S/C14H18N2O2S/c1-11(2)16(9-8-15)19(17,18)14-7-6-12-4-3-5-13(12)10-14/h6-7,10-11H,3-5,9H2,1-2H3. The minimum atomic E-state index is -3.57. The van der Waals surface area contributed by atoms with Gasteiger partial charge in [-0.05, 0) is 56.4 Å². The number of nitrogens with zero attached hydrogens (tertiary/aromatic N) is 2. The van der Waals surface area contributed by atoms with E-state index in [0.29, 0.717) is 4.90 Å². The number of aryl methyl sites for hydroxylation is 2. The first-order valence-corrected chi connectivity index (χ1v) is 7.91. The van der Waals surface area contributed by atoms with Crippen molar-refractivity contribution in [1.82, 2.24) is 4.31 Å². The van der Waals surface area contributed by atoms with Crippen molar-refractivity contribution in [3.63, 3.8) is 0 Å². The van der Waals surface area contributed by atoms with E-state index in [0.717, 1.165) is 24.8 Å². The zero-order valence-corrected chi connectivity index (χ0v) is 12.1. The van der Waals surface area contributed by atoms with Crippen molar-refractivity contribution in [3.8, 4) is 6.07 Å². The Bertz CT molecular complexity index is 615. The van der Waals surface area contributed by atoms with E-state index < -0.39 is 10.0 Å². The Morgan fingerprint density at radius 2 is 2.00 bits per heavy atom. The van der Waals surface area contributed by atoms with E-state index in [9.17, 15) is 8.42 Å². The van der Waals surface area contributed by atoms with Gasteiger partial charge in [0.05, 0.1) is 11.0 Å². The van der Waals surface area contributed by atoms with Gasteiger partial charge in [-0.3, -0.25) is 0 Å². The molecule has 19 heavy (non-hydrogen) atoms. The molecule has 0 saturated carbocycles. The van der Waals surface area contributed by atoms with E-state index in [4.69, 9.17) is 5.26 Å². The van der Waals surface area contributed by atoms with Crippen LogP contribution in [-0.2, 0) is 22.9 Å². The molecule has 0 aliphatic heterocycles.